The second kappa shape index (κ2) is 6.06. The molecule has 0 aromatic heterocycles. The molecule has 0 heterocycles. The molecule has 0 saturated heterocycles. The van der Waals surface area contributed by atoms with Crippen LogP contribution in [0, 0.1) is 0 Å². The molecular weight excluding hydrogens is 243 g/mol. The summed E-state index contributed by atoms with van der Waals surface area (Å²) in [6, 6.07) is 0. The zero-order valence-corrected chi connectivity index (χ0v) is 10.8. The SMILES string of the molecule is [CH3][Sn]([CH3])([CH3])/[CH]=C/CCCCO. The van der Waals surface area contributed by atoms with Crippen LogP contribution < -0.4 is 0 Å². The summed E-state index contributed by atoms with van der Waals surface area (Å²) in [5.74, 6) is 0. The van der Waals surface area contributed by atoms with Gasteiger partial charge in [-0.2, -0.15) is 0 Å². The quantitative estimate of drug-likeness (QED) is 0.597. The van der Waals surface area contributed by atoms with Gasteiger partial charge in [-0.25, -0.2) is 0 Å². The third-order valence-corrected chi connectivity index (χ3v) is 4.92. The molecule has 1 N–H and O–H groups in total. The van der Waals surface area contributed by atoms with E-state index in [-0.39, 0.29) is 0 Å². The molecule has 0 unspecified atom stereocenters. The Morgan fingerprint density at radius 3 is 2.27 bits per heavy atom. The van der Waals surface area contributed by atoms with Gasteiger partial charge >= 0.3 is 74.3 Å². The molecule has 11 heavy (non-hydrogen) atoms. The van der Waals surface area contributed by atoms with E-state index in [1.54, 1.807) is 0 Å². The topological polar surface area (TPSA) is 20.2 Å². The maximum absolute atomic E-state index is 8.51. The standard InChI is InChI=1S/C6H11O.3CH3.Sn/c1-2-3-4-5-6-7;;;;/h1-2,7H,3-6H2;3*1H3;. The van der Waals surface area contributed by atoms with Gasteiger partial charge in [-0.05, 0) is 0 Å². The first-order valence-corrected chi connectivity index (χ1v) is 14.6. The van der Waals surface area contributed by atoms with Crippen LogP contribution in [-0.2, 0) is 0 Å². The zero-order chi connectivity index (χ0) is 8.74. The monoisotopic (exact) mass is 264 g/mol. The van der Waals surface area contributed by atoms with Crippen LogP contribution in [0.4, 0.5) is 0 Å². The fourth-order valence-electron chi connectivity index (χ4n) is 0.811. The number of unbranched alkanes of at least 4 members (excludes halogenated alkanes) is 2. The Labute approximate surface area is 74.4 Å². The van der Waals surface area contributed by atoms with Crippen molar-refractivity contribution < 1.29 is 5.11 Å². The van der Waals surface area contributed by atoms with Gasteiger partial charge in [-0.3, -0.25) is 0 Å². The van der Waals surface area contributed by atoms with Crippen molar-refractivity contribution >= 4 is 18.4 Å². The zero-order valence-electron chi connectivity index (χ0n) is 7.93. The van der Waals surface area contributed by atoms with E-state index < -0.39 is 18.4 Å². The summed E-state index contributed by atoms with van der Waals surface area (Å²) in [4.78, 5) is 7.20. The van der Waals surface area contributed by atoms with E-state index in [0.29, 0.717) is 6.61 Å². The molecule has 0 spiro atoms. The van der Waals surface area contributed by atoms with Gasteiger partial charge in [-0.1, -0.05) is 0 Å². The van der Waals surface area contributed by atoms with Gasteiger partial charge in [0.2, 0.25) is 0 Å². The van der Waals surface area contributed by atoms with E-state index in [2.05, 4.69) is 25.0 Å². The third-order valence-electron chi connectivity index (χ3n) is 1.40. The van der Waals surface area contributed by atoms with Crippen LogP contribution in [-0.4, -0.2) is 30.1 Å². The van der Waals surface area contributed by atoms with Crippen LogP contribution in [0.25, 0.3) is 0 Å². The van der Waals surface area contributed by atoms with Crippen molar-refractivity contribution in [3.05, 3.63) is 10.2 Å². The summed E-state index contributed by atoms with van der Waals surface area (Å²) >= 11 is -1.61. The van der Waals surface area contributed by atoms with Crippen molar-refractivity contribution in [1.29, 1.82) is 0 Å². The van der Waals surface area contributed by atoms with Crippen LogP contribution in [0.1, 0.15) is 19.3 Å². The molecule has 0 saturated carbocycles. The van der Waals surface area contributed by atoms with Crippen molar-refractivity contribution in [1.82, 2.24) is 0 Å². The molecule has 0 rings (SSSR count). The van der Waals surface area contributed by atoms with E-state index in [1.165, 1.54) is 0 Å². The van der Waals surface area contributed by atoms with Gasteiger partial charge in [0.15, 0.2) is 0 Å². The molecule has 0 aromatic carbocycles. The Kier molecular flexibility index (Phi) is 6.34. The van der Waals surface area contributed by atoms with Crippen LogP contribution in [0.15, 0.2) is 10.2 Å². The molecule has 0 aromatic rings. The number of aliphatic hydroxyl groups is 1. The van der Waals surface area contributed by atoms with Gasteiger partial charge in [-0.15, -0.1) is 0 Å². The minimum atomic E-state index is -1.61. The van der Waals surface area contributed by atoms with E-state index >= 15 is 0 Å². The van der Waals surface area contributed by atoms with Crippen molar-refractivity contribution in [3.8, 4) is 0 Å². The maximum atomic E-state index is 8.51. The minimum absolute atomic E-state index is 0.340. The molecule has 0 aliphatic carbocycles. The number of rotatable bonds is 5. The molecule has 0 radical (unpaired) electrons. The fourth-order valence-corrected chi connectivity index (χ4v) is 3.30. The molecule has 2 heteroatoms. The molecular formula is C9H20OSn. The normalized spacial score (nSPS) is 12.7. The Morgan fingerprint density at radius 1 is 1.18 bits per heavy atom. The Morgan fingerprint density at radius 2 is 1.82 bits per heavy atom. The number of aliphatic hydroxyl groups excluding tert-OH is 1. The Balaban J connectivity index is 3.30. The van der Waals surface area contributed by atoms with Crippen molar-refractivity contribution in [3.63, 3.8) is 0 Å². The second-order valence-corrected chi connectivity index (χ2v) is 18.4. The summed E-state index contributed by atoms with van der Waals surface area (Å²) in [5, 5.41) is 8.51. The fraction of sp³-hybridized carbons (Fsp3) is 0.778. The average molecular weight is 263 g/mol. The predicted octanol–water partition coefficient (Wildman–Crippen LogP) is 2.58. The van der Waals surface area contributed by atoms with Crippen LogP contribution in [0.3, 0.4) is 0 Å². The van der Waals surface area contributed by atoms with Gasteiger partial charge in [0.05, 0.1) is 0 Å². The summed E-state index contributed by atoms with van der Waals surface area (Å²) < 4.78 is 2.44. The van der Waals surface area contributed by atoms with Crippen LogP contribution >= 0.6 is 0 Å². The van der Waals surface area contributed by atoms with Gasteiger partial charge in [0.25, 0.3) is 0 Å². The number of hydrogen-bond donors (Lipinski definition) is 1. The third kappa shape index (κ3) is 10.5. The molecule has 0 amide bonds. The number of hydrogen-bond acceptors (Lipinski definition) is 1. The number of allylic oxidation sites excluding steroid dienone is 1. The van der Waals surface area contributed by atoms with Crippen LogP contribution in [0.2, 0.25) is 14.8 Å². The first kappa shape index (κ1) is 11.5. The second-order valence-electron chi connectivity index (χ2n) is 3.99. The average Bonchev–Trinajstić information content (AvgIpc) is 1.85. The van der Waals surface area contributed by atoms with E-state index in [9.17, 15) is 0 Å². The summed E-state index contributed by atoms with van der Waals surface area (Å²) in [7, 11) is 0. The molecule has 0 bridgehead atoms. The van der Waals surface area contributed by atoms with Gasteiger partial charge in [0.1, 0.15) is 0 Å². The van der Waals surface area contributed by atoms with Gasteiger partial charge in [0, 0.05) is 0 Å². The van der Waals surface area contributed by atoms with E-state index in [4.69, 9.17) is 5.11 Å². The van der Waals surface area contributed by atoms with E-state index in [1.807, 2.05) is 0 Å². The Hall–Kier alpha value is 0.499. The molecule has 0 atom stereocenters. The van der Waals surface area contributed by atoms with Gasteiger partial charge < -0.3 is 0 Å². The summed E-state index contributed by atoms with van der Waals surface area (Å²) in [6.45, 7) is 0.340. The van der Waals surface area contributed by atoms with Crippen molar-refractivity contribution in [2.24, 2.45) is 0 Å². The summed E-state index contributed by atoms with van der Waals surface area (Å²) in [6.07, 6.45) is 5.53. The summed E-state index contributed by atoms with van der Waals surface area (Å²) in [5.41, 5.74) is 0. The van der Waals surface area contributed by atoms with Crippen molar-refractivity contribution in [2.45, 2.75) is 34.1 Å². The first-order valence-electron chi connectivity index (χ1n) is 4.35. The molecule has 66 valence electrons. The molecule has 0 fully saturated rings. The van der Waals surface area contributed by atoms with E-state index in [0.717, 1.165) is 19.3 Å². The molecule has 0 aliphatic rings. The first-order chi connectivity index (χ1) is 5.06. The van der Waals surface area contributed by atoms with Crippen LogP contribution in [0.5, 0.6) is 0 Å². The predicted molar refractivity (Wildman–Crippen MR) is 53.4 cm³/mol. The molecule has 0 aliphatic heterocycles. The Bertz CT molecular complexity index is 113. The van der Waals surface area contributed by atoms with Crippen molar-refractivity contribution in [2.75, 3.05) is 6.61 Å². The molecule has 1 nitrogen and oxygen atoms in total.